The summed E-state index contributed by atoms with van der Waals surface area (Å²) in [5.74, 6) is 0. The molecule has 0 saturated carbocycles. The van der Waals surface area contributed by atoms with E-state index in [-0.39, 0.29) is 5.69 Å². The maximum atomic E-state index is 10.5. The van der Waals surface area contributed by atoms with Crippen molar-refractivity contribution in [3.8, 4) is 0 Å². The van der Waals surface area contributed by atoms with E-state index in [0.717, 1.165) is 0 Å². The van der Waals surface area contributed by atoms with E-state index in [2.05, 4.69) is 21.1 Å². The van der Waals surface area contributed by atoms with E-state index >= 15 is 0 Å². The molecule has 1 aromatic carbocycles. The average molecular weight is 259 g/mol. The van der Waals surface area contributed by atoms with Crippen molar-refractivity contribution in [3.63, 3.8) is 0 Å². The van der Waals surface area contributed by atoms with Crippen molar-refractivity contribution in [1.29, 1.82) is 0 Å². The first-order chi connectivity index (χ1) is 6.56. The number of rotatable bonds is 2. The Bertz CT molecular complexity index is 404. The number of benzene rings is 1. The first-order valence-electron chi connectivity index (χ1n) is 3.69. The quantitative estimate of drug-likeness (QED) is 0.383. The Morgan fingerprint density at radius 1 is 1.64 bits per heavy atom. The molecule has 0 radical (unpaired) electrons. The molecule has 0 heterocycles. The van der Waals surface area contributed by atoms with Crippen LogP contribution in [0, 0.1) is 10.1 Å². The molecule has 0 aliphatic carbocycles. The molecule has 0 spiro atoms. The molecule has 1 N–H and O–H groups in total. The van der Waals surface area contributed by atoms with Gasteiger partial charge in [0.15, 0.2) is 0 Å². The van der Waals surface area contributed by atoms with Crippen LogP contribution in [0.4, 0.5) is 5.69 Å². The van der Waals surface area contributed by atoms with E-state index in [1.54, 1.807) is 13.0 Å². The third-order valence-electron chi connectivity index (χ3n) is 1.70. The van der Waals surface area contributed by atoms with Crippen LogP contribution in [-0.2, 0) is 0 Å². The lowest BCUT2D eigenvalue weighted by molar-refractivity contribution is -0.384. The van der Waals surface area contributed by atoms with Crippen LogP contribution >= 0.6 is 15.9 Å². The number of nitro benzene ring substituents is 1. The molecule has 0 aromatic heterocycles. The normalized spacial score (nSPS) is 11.4. The summed E-state index contributed by atoms with van der Waals surface area (Å²) in [6.45, 7) is 1.56. The molecule has 0 aliphatic heterocycles. The summed E-state index contributed by atoms with van der Waals surface area (Å²) in [5.41, 5.74) is 0.786. The van der Waals surface area contributed by atoms with Gasteiger partial charge in [-0.05, 0) is 13.0 Å². The lowest BCUT2D eigenvalue weighted by atomic mass is 10.1. The van der Waals surface area contributed by atoms with Gasteiger partial charge in [-0.3, -0.25) is 10.1 Å². The van der Waals surface area contributed by atoms with Gasteiger partial charge >= 0.3 is 0 Å². The number of halogens is 1. The fourth-order valence-electron chi connectivity index (χ4n) is 0.958. The predicted octanol–water partition coefficient (Wildman–Crippen LogP) is 2.56. The van der Waals surface area contributed by atoms with E-state index in [1.165, 1.54) is 12.1 Å². The molecule has 0 unspecified atom stereocenters. The van der Waals surface area contributed by atoms with E-state index in [4.69, 9.17) is 5.21 Å². The average Bonchev–Trinajstić information content (AvgIpc) is 2.17. The highest BCUT2D eigenvalue weighted by Crippen LogP contribution is 2.22. The van der Waals surface area contributed by atoms with Gasteiger partial charge in [0, 0.05) is 22.2 Å². The first kappa shape index (κ1) is 10.6. The minimum Gasteiger partial charge on any atom is -0.411 e. The fraction of sp³-hybridized carbons (Fsp3) is 0.125. The van der Waals surface area contributed by atoms with Crippen LogP contribution in [0.3, 0.4) is 0 Å². The maximum absolute atomic E-state index is 10.5. The molecular weight excluding hydrogens is 252 g/mol. The van der Waals surface area contributed by atoms with Gasteiger partial charge in [0.2, 0.25) is 0 Å². The molecule has 14 heavy (non-hydrogen) atoms. The Labute approximate surface area is 88.3 Å². The Morgan fingerprint density at radius 2 is 2.29 bits per heavy atom. The number of hydrogen-bond acceptors (Lipinski definition) is 4. The highest BCUT2D eigenvalue weighted by Gasteiger charge is 2.11. The summed E-state index contributed by atoms with van der Waals surface area (Å²) in [4.78, 5) is 9.96. The second-order valence-electron chi connectivity index (χ2n) is 2.61. The van der Waals surface area contributed by atoms with E-state index < -0.39 is 4.92 Å². The standard InChI is InChI=1S/C8H7BrN2O3/c1-5(10-12)7-4-6(11(13)14)2-3-8(7)9/h2-4,12H,1H3/b10-5-. The number of nitrogens with zero attached hydrogens (tertiary/aromatic N) is 2. The molecule has 0 atom stereocenters. The van der Waals surface area contributed by atoms with Crippen molar-refractivity contribution in [2.24, 2.45) is 5.16 Å². The lowest BCUT2D eigenvalue weighted by Gasteiger charge is -2.01. The fourth-order valence-corrected chi connectivity index (χ4v) is 1.49. The zero-order valence-corrected chi connectivity index (χ0v) is 8.85. The van der Waals surface area contributed by atoms with Gasteiger partial charge in [-0.15, -0.1) is 0 Å². The second-order valence-corrected chi connectivity index (χ2v) is 3.46. The lowest BCUT2D eigenvalue weighted by Crippen LogP contribution is -1.98. The van der Waals surface area contributed by atoms with E-state index in [9.17, 15) is 10.1 Å². The number of oxime groups is 1. The van der Waals surface area contributed by atoms with Crippen molar-refractivity contribution in [2.75, 3.05) is 0 Å². The van der Waals surface area contributed by atoms with Gasteiger partial charge in [-0.25, -0.2) is 0 Å². The molecule has 74 valence electrons. The van der Waals surface area contributed by atoms with Gasteiger partial charge in [0.05, 0.1) is 10.6 Å². The molecule has 0 saturated heterocycles. The first-order valence-corrected chi connectivity index (χ1v) is 4.48. The van der Waals surface area contributed by atoms with Crippen LogP contribution in [0.1, 0.15) is 12.5 Å². The van der Waals surface area contributed by atoms with Gasteiger partial charge in [-0.1, -0.05) is 21.1 Å². The Kier molecular flexibility index (Phi) is 3.19. The van der Waals surface area contributed by atoms with Gasteiger partial charge in [0.25, 0.3) is 5.69 Å². The molecule has 1 aromatic rings. The van der Waals surface area contributed by atoms with Crippen LogP contribution in [0.2, 0.25) is 0 Å². The molecule has 6 heteroatoms. The van der Waals surface area contributed by atoms with Gasteiger partial charge in [-0.2, -0.15) is 0 Å². The Balaban J connectivity index is 3.28. The number of nitro groups is 1. The SMILES string of the molecule is C/C(=N/O)c1cc([N+](=O)[O-])ccc1Br. The van der Waals surface area contributed by atoms with Crippen LogP contribution in [0.15, 0.2) is 27.8 Å². The minimum absolute atomic E-state index is 0.0359. The van der Waals surface area contributed by atoms with Crippen LogP contribution in [0.25, 0.3) is 0 Å². The molecule has 1 rings (SSSR count). The Morgan fingerprint density at radius 3 is 2.79 bits per heavy atom. The molecule has 5 nitrogen and oxygen atoms in total. The highest BCUT2D eigenvalue weighted by atomic mass is 79.9. The minimum atomic E-state index is -0.499. The molecule has 0 fully saturated rings. The predicted molar refractivity (Wildman–Crippen MR) is 54.8 cm³/mol. The van der Waals surface area contributed by atoms with Gasteiger partial charge < -0.3 is 5.21 Å². The van der Waals surface area contributed by atoms with Crippen molar-refractivity contribution in [3.05, 3.63) is 38.3 Å². The van der Waals surface area contributed by atoms with Crippen LogP contribution in [0.5, 0.6) is 0 Å². The molecule has 0 aliphatic rings. The van der Waals surface area contributed by atoms with Gasteiger partial charge in [0.1, 0.15) is 0 Å². The summed E-state index contributed by atoms with van der Waals surface area (Å²) in [5, 5.41) is 22.0. The summed E-state index contributed by atoms with van der Waals surface area (Å²) >= 11 is 3.21. The smallest absolute Gasteiger partial charge is 0.270 e. The van der Waals surface area contributed by atoms with Crippen LogP contribution in [-0.4, -0.2) is 15.8 Å². The molecular formula is C8H7BrN2O3. The summed E-state index contributed by atoms with van der Waals surface area (Å²) < 4.78 is 0.651. The number of hydrogen-bond donors (Lipinski definition) is 1. The monoisotopic (exact) mass is 258 g/mol. The van der Waals surface area contributed by atoms with Crippen molar-refractivity contribution < 1.29 is 10.1 Å². The third kappa shape index (κ3) is 2.08. The summed E-state index contributed by atoms with van der Waals surface area (Å²) in [6.07, 6.45) is 0. The molecule has 0 amide bonds. The Hall–Kier alpha value is -1.43. The summed E-state index contributed by atoms with van der Waals surface area (Å²) in [6, 6.07) is 4.26. The zero-order chi connectivity index (χ0) is 10.7. The number of non-ortho nitro benzene ring substituents is 1. The van der Waals surface area contributed by atoms with Crippen molar-refractivity contribution in [2.45, 2.75) is 6.92 Å². The van der Waals surface area contributed by atoms with Crippen LogP contribution < -0.4 is 0 Å². The van der Waals surface area contributed by atoms with Crippen molar-refractivity contribution in [1.82, 2.24) is 0 Å². The topological polar surface area (TPSA) is 75.7 Å². The van der Waals surface area contributed by atoms with Crippen molar-refractivity contribution >= 4 is 27.3 Å². The summed E-state index contributed by atoms with van der Waals surface area (Å²) in [7, 11) is 0. The molecule has 0 bridgehead atoms. The third-order valence-corrected chi connectivity index (χ3v) is 2.39. The second kappa shape index (κ2) is 4.19. The zero-order valence-electron chi connectivity index (χ0n) is 7.27. The highest BCUT2D eigenvalue weighted by molar-refractivity contribution is 9.10. The maximum Gasteiger partial charge on any atom is 0.270 e. The van der Waals surface area contributed by atoms with E-state index in [0.29, 0.717) is 15.7 Å². The largest absolute Gasteiger partial charge is 0.411 e. The van der Waals surface area contributed by atoms with E-state index in [1.807, 2.05) is 0 Å².